The summed E-state index contributed by atoms with van der Waals surface area (Å²) in [5, 5.41) is 10.3. The monoisotopic (exact) mass is 492 g/mol. The summed E-state index contributed by atoms with van der Waals surface area (Å²) in [7, 11) is 1.60. The van der Waals surface area contributed by atoms with Crippen molar-refractivity contribution in [2.24, 2.45) is 11.8 Å². The fraction of sp³-hybridized carbons (Fsp3) is 0.467. The van der Waals surface area contributed by atoms with Crippen LogP contribution >= 0.6 is 0 Å². The van der Waals surface area contributed by atoms with Crippen LogP contribution in [0.4, 0.5) is 4.39 Å². The van der Waals surface area contributed by atoms with Crippen LogP contribution in [0.15, 0.2) is 54.7 Å². The molecule has 1 unspecified atom stereocenters. The molecule has 0 spiro atoms. The molecule has 1 fully saturated rings. The maximum absolute atomic E-state index is 15.5. The normalized spacial score (nSPS) is 19.3. The summed E-state index contributed by atoms with van der Waals surface area (Å²) in [5.41, 5.74) is 3.98. The van der Waals surface area contributed by atoms with Crippen LogP contribution in [0.25, 0.3) is 10.9 Å². The van der Waals surface area contributed by atoms with Gasteiger partial charge in [-0.1, -0.05) is 29.8 Å². The number of benzene rings is 2. The highest BCUT2D eigenvalue weighted by molar-refractivity contribution is 5.83. The van der Waals surface area contributed by atoms with E-state index in [0.717, 1.165) is 49.8 Å². The largest absolute Gasteiger partial charge is 0.497 e. The summed E-state index contributed by atoms with van der Waals surface area (Å²) < 4.78 is 20.8. The van der Waals surface area contributed by atoms with Gasteiger partial charge in [0.1, 0.15) is 11.9 Å². The minimum Gasteiger partial charge on any atom is -0.497 e. The van der Waals surface area contributed by atoms with E-state index in [4.69, 9.17) is 4.74 Å². The number of pyridine rings is 1. The Balaban J connectivity index is 1.34. The molecule has 3 aromatic rings. The standard InChI is InChI=1S/C30H37FN2O3/c1-21-5-7-22(8-6-21)4-3-16-33-17-14-23(24(20-33)18-30(34)35)9-11-28(31)26-13-15-32-29-12-10-25(36-2)19-27(26)29/h5-8,10,12-13,15,19,23-24,28H,3-4,9,11,14,16-18,20H2,1-2H3,(H,34,35)/t23-,24+,28?/m1/s1. The Hall–Kier alpha value is -2.99. The van der Waals surface area contributed by atoms with E-state index < -0.39 is 12.1 Å². The zero-order chi connectivity index (χ0) is 25.5. The highest BCUT2D eigenvalue weighted by atomic mass is 19.1. The van der Waals surface area contributed by atoms with Gasteiger partial charge in [-0.3, -0.25) is 9.78 Å². The molecule has 1 aliphatic heterocycles. The number of ether oxygens (including phenoxy) is 1. The van der Waals surface area contributed by atoms with E-state index in [2.05, 4.69) is 41.1 Å². The number of rotatable bonds is 11. The number of aromatic nitrogens is 1. The summed E-state index contributed by atoms with van der Waals surface area (Å²) in [5.74, 6) is 0.184. The number of likely N-dealkylation sites (tertiary alicyclic amines) is 1. The van der Waals surface area contributed by atoms with E-state index in [0.29, 0.717) is 24.2 Å². The molecular formula is C30H37FN2O3. The van der Waals surface area contributed by atoms with Crippen LogP contribution in [-0.2, 0) is 11.2 Å². The molecule has 0 aliphatic carbocycles. The van der Waals surface area contributed by atoms with Crippen molar-refractivity contribution in [2.45, 2.75) is 51.6 Å². The molecule has 36 heavy (non-hydrogen) atoms. The predicted molar refractivity (Wildman–Crippen MR) is 141 cm³/mol. The quantitative estimate of drug-likeness (QED) is 0.336. The fourth-order valence-electron chi connectivity index (χ4n) is 5.52. The molecule has 3 atom stereocenters. The van der Waals surface area contributed by atoms with Gasteiger partial charge >= 0.3 is 5.97 Å². The van der Waals surface area contributed by atoms with Crippen LogP contribution in [-0.4, -0.2) is 47.7 Å². The summed E-state index contributed by atoms with van der Waals surface area (Å²) in [4.78, 5) is 18.4. The van der Waals surface area contributed by atoms with Gasteiger partial charge in [0, 0.05) is 24.5 Å². The number of aliphatic carboxylic acids is 1. The zero-order valence-corrected chi connectivity index (χ0v) is 21.3. The number of carboxylic acids is 1. The van der Waals surface area contributed by atoms with Crippen molar-refractivity contribution in [1.29, 1.82) is 0 Å². The molecule has 2 aromatic carbocycles. The lowest BCUT2D eigenvalue weighted by Gasteiger charge is -2.38. The van der Waals surface area contributed by atoms with Crippen LogP contribution in [0.5, 0.6) is 5.75 Å². The number of hydrogen-bond donors (Lipinski definition) is 1. The third kappa shape index (κ3) is 6.82. The number of alkyl halides is 1. The Bertz CT molecular complexity index is 1150. The minimum absolute atomic E-state index is 0.0529. The van der Waals surface area contributed by atoms with E-state index in [1.165, 1.54) is 11.1 Å². The van der Waals surface area contributed by atoms with Crippen LogP contribution in [0.3, 0.4) is 0 Å². The molecule has 192 valence electrons. The molecule has 0 bridgehead atoms. The predicted octanol–water partition coefficient (Wildman–Crippen LogP) is 6.39. The van der Waals surface area contributed by atoms with Gasteiger partial charge in [0.25, 0.3) is 0 Å². The second-order valence-corrected chi connectivity index (χ2v) is 10.1. The lowest BCUT2D eigenvalue weighted by atomic mass is 9.79. The molecule has 0 radical (unpaired) electrons. The van der Waals surface area contributed by atoms with Crippen LogP contribution in [0.1, 0.15) is 55.0 Å². The van der Waals surface area contributed by atoms with Crippen LogP contribution in [0.2, 0.25) is 0 Å². The molecule has 1 N–H and O–H groups in total. The molecule has 6 heteroatoms. The van der Waals surface area contributed by atoms with Gasteiger partial charge in [0.05, 0.1) is 12.6 Å². The molecule has 1 aliphatic rings. The maximum Gasteiger partial charge on any atom is 0.303 e. The minimum atomic E-state index is -1.12. The van der Waals surface area contributed by atoms with Crippen molar-refractivity contribution >= 4 is 16.9 Å². The molecule has 5 nitrogen and oxygen atoms in total. The Kier molecular flexibility index (Phi) is 8.92. The molecule has 4 rings (SSSR count). The third-order valence-electron chi connectivity index (χ3n) is 7.58. The SMILES string of the molecule is COc1ccc2nccc(C(F)CC[C@@H]3CCN(CCCc4ccc(C)cc4)C[C@@H]3CC(=O)O)c2c1. The number of piperidine rings is 1. The van der Waals surface area contributed by atoms with Gasteiger partial charge in [-0.2, -0.15) is 0 Å². The van der Waals surface area contributed by atoms with Crippen LogP contribution < -0.4 is 4.74 Å². The molecule has 1 saturated heterocycles. The van der Waals surface area contributed by atoms with E-state index in [1.54, 1.807) is 19.4 Å². The van der Waals surface area contributed by atoms with E-state index in [1.807, 2.05) is 18.2 Å². The van der Waals surface area contributed by atoms with E-state index in [-0.39, 0.29) is 18.3 Å². The first-order valence-corrected chi connectivity index (χ1v) is 13.0. The first-order chi connectivity index (χ1) is 17.4. The summed E-state index contributed by atoms with van der Waals surface area (Å²) in [6.07, 6.45) is 4.73. The number of methoxy groups -OCH3 is 1. The van der Waals surface area contributed by atoms with E-state index in [9.17, 15) is 9.90 Å². The topological polar surface area (TPSA) is 62.7 Å². The van der Waals surface area contributed by atoms with Crippen molar-refractivity contribution in [3.8, 4) is 5.75 Å². The summed E-state index contributed by atoms with van der Waals surface area (Å²) in [6, 6.07) is 15.9. The number of nitrogens with zero attached hydrogens (tertiary/aromatic N) is 2. The lowest BCUT2D eigenvalue weighted by molar-refractivity contribution is -0.139. The molecule has 0 amide bonds. The second kappa shape index (κ2) is 12.3. The Morgan fingerprint density at radius 3 is 2.75 bits per heavy atom. The lowest BCUT2D eigenvalue weighted by Crippen LogP contribution is -2.42. The molecule has 0 saturated carbocycles. The van der Waals surface area contributed by atoms with Crippen molar-refractivity contribution < 1.29 is 19.0 Å². The first kappa shape index (κ1) is 26.1. The Labute approximate surface area is 213 Å². The van der Waals surface area contributed by atoms with Gasteiger partial charge in [0.15, 0.2) is 0 Å². The average Bonchev–Trinajstić information content (AvgIpc) is 2.88. The van der Waals surface area contributed by atoms with E-state index >= 15 is 4.39 Å². The van der Waals surface area contributed by atoms with Gasteiger partial charge in [-0.25, -0.2) is 4.39 Å². The number of fused-ring (bicyclic) bond motifs is 1. The maximum atomic E-state index is 15.5. The number of carboxylic acid groups (broad SMARTS) is 1. The summed E-state index contributed by atoms with van der Waals surface area (Å²) in [6.45, 7) is 4.78. The number of carbonyl (C=O) groups is 1. The van der Waals surface area contributed by atoms with Crippen molar-refractivity contribution in [3.05, 3.63) is 71.4 Å². The number of aryl methyl sites for hydroxylation is 2. The number of halogens is 1. The first-order valence-electron chi connectivity index (χ1n) is 13.0. The highest BCUT2D eigenvalue weighted by Crippen LogP contribution is 2.36. The smallest absolute Gasteiger partial charge is 0.303 e. The molecule has 2 heterocycles. The summed E-state index contributed by atoms with van der Waals surface area (Å²) >= 11 is 0. The van der Waals surface area contributed by atoms with Crippen LogP contribution in [0, 0.1) is 18.8 Å². The third-order valence-corrected chi connectivity index (χ3v) is 7.58. The Morgan fingerprint density at radius 2 is 2.00 bits per heavy atom. The fourth-order valence-corrected chi connectivity index (χ4v) is 5.52. The van der Waals surface area contributed by atoms with Gasteiger partial charge in [-0.05, 0) is 99.3 Å². The molecule has 1 aromatic heterocycles. The van der Waals surface area contributed by atoms with Gasteiger partial charge in [0.2, 0.25) is 0 Å². The zero-order valence-electron chi connectivity index (χ0n) is 21.3. The van der Waals surface area contributed by atoms with Crippen molar-refractivity contribution in [2.75, 3.05) is 26.7 Å². The van der Waals surface area contributed by atoms with Gasteiger partial charge < -0.3 is 14.7 Å². The van der Waals surface area contributed by atoms with Gasteiger partial charge in [-0.15, -0.1) is 0 Å². The van der Waals surface area contributed by atoms with Crippen molar-refractivity contribution in [3.63, 3.8) is 0 Å². The van der Waals surface area contributed by atoms with Crippen molar-refractivity contribution in [1.82, 2.24) is 9.88 Å². The highest BCUT2D eigenvalue weighted by Gasteiger charge is 2.31. The molecular weight excluding hydrogens is 455 g/mol. The second-order valence-electron chi connectivity index (χ2n) is 10.1. The average molecular weight is 493 g/mol. The number of hydrogen-bond acceptors (Lipinski definition) is 4. The Morgan fingerprint density at radius 1 is 1.19 bits per heavy atom.